The number of aldehydes is 1. The highest BCUT2D eigenvalue weighted by Crippen LogP contribution is 2.36. The lowest BCUT2D eigenvalue weighted by atomic mass is 9.90. The molecule has 3 amide bonds. The molecule has 0 bridgehead atoms. The van der Waals surface area contributed by atoms with E-state index in [1.807, 2.05) is 44.4 Å². The van der Waals surface area contributed by atoms with Gasteiger partial charge in [-0.25, -0.2) is 9.37 Å². The van der Waals surface area contributed by atoms with Gasteiger partial charge in [-0.3, -0.25) is 29.4 Å². The normalized spacial score (nSPS) is 17.9. The van der Waals surface area contributed by atoms with Crippen LogP contribution in [0.2, 0.25) is 0 Å². The molecule has 2 fully saturated rings. The molecule has 12 heteroatoms. The number of anilines is 2. The van der Waals surface area contributed by atoms with E-state index in [9.17, 15) is 23.6 Å². The number of halogens is 1. The number of aromatic amines is 1. The van der Waals surface area contributed by atoms with Crippen molar-refractivity contribution in [3.63, 3.8) is 0 Å². The predicted octanol–water partition coefficient (Wildman–Crippen LogP) is 6.65. The van der Waals surface area contributed by atoms with Crippen LogP contribution in [-0.4, -0.2) is 84.0 Å². The van der Waals surface area contributed by atoms with E-state index in [-0.39, 0.29) is 11.5 Å². The third-order valence-corrected chi connectivity index (χ3v) is 11.3. The molecule has 3 N–H and O–H groups in total. The molecule has 2 aromatic carbocycles. The SMILES string of the molecule is CCCC(C(=O)NC=O)N1Cc2c(cccc2N2CCC(CCCc3ccc(C=O)c(F)c3)CC2)C1=O.CNc1cc2[nH]c(C3CCCN3C)cc2cn1. The number of piperidine rings is 1. The number of imide groups is 1. The van der Waals surface area contributed by atoms with Crippen LogP contribution in [0.15, 0.2) is 54.7 Å². The van der Waals surface area contributed by atoms with Gasteiger partial charge in [-0.15, -0.1) is 0 Å². The Labute approximate surface area is 316 Å². The zero-order chi connectivity index (χ0) is 38.2. The Balaban J connectivity index is 0.000000242. The van der Waals surface area contributed by atoms with Gasteiger partial charge in [-0.1, -0.05) is 25.5 Å². The van der Waals surface area contributed by atoms with Crippen LogP contribution in [0.1, 0.15) is 102 Å². The number of nitrogens with one attached hydrogen (secondary N) is 3. The number of pyridine rings is 1. The van der Waals surface area contributed by atoms with E-state index in [4.69, 9.17) is 0 Å². The molecule has 5 heterocycles. The van der Waals surface area contributed by atoms with E-state index in [0.717, 1.165) is 74.2 Å². The van der Waals surface area contributed by atoms with Crippen LogP contribution < -0.4 is 15.5 Å². The van der Waals surface area contributed by atoms with Crippen LogP contribution in [0.5, 0.6) is 0 Å². The molecular formula is C42H52FN7O4. The highest BCUT2D eigenvalue weighted by atomic mass is 19.1. The number of rotatable bonds is 13. The van der Waals surface area contributed by atoms with Gasteiger partial charge in [0, 0.05) is 72.9 Å². The fraction of sp³-hybridized carbons (Fsp3) is 0.452. The minimum atomic E-state index is -0.670. The molecule has 2 unspecified atom stereocenters. The van der Waals surface area contributed by atoms with Crippen molar-refractivity contribution < 1.29 is 23.6 Å². The first kappa shape index (κ1) is 38.6. The molecular weight excluding hydrogens is 686 g/mol. The second kappa shape index (κ2) is 17.8. The molecule has 2 aromatic heterocycles. The molecule has 2 saturated heterocycles. The summed E-state index contributed by atoms with van der Waals surface area (Å²) in [6, 6.07) is 14.8. The highest BCUT2D eigenvalue weighted by molar-refractivity contribution is 6.03. The summed E-state index contributed by atoms with van der Waals surface area (Å²) in [6.07, 6.45) is 11.5. The molecule has 7 rings (SSSR count). The van der Waals surface area contributed by atoms with Crippen molar-refractivity contribution in [1.29, 1.82) is 0 Å². The van der Waals surface area contributed by atoms with Gasteiger partial charge in [0.2, 0.25) is 12.3 Å². The average Bonchev–Trinajstić information content (AvgIpc) is 3.90. The van der Waals surface area contributed by atoms with E-state index in [2.05, 4.69) is 49.6 Å². The lowest BCUT2D eigenvalue weighted by Crippen LogP contribution is -2.46. The molecule has 0 radical (unpaired) electrons. The molecule has 4 aromatic rings. The summed E-state index contributed by atoms with van der Waals surface area (Å²) in [5, 5.41) is 6.48. The molecule has 3 aliphatic rings. The Kier molecular flexibility index (Phi) is 12.7. The summed E-state index contributed by atoms with van der Waals surface area (Å²) in [5.74, 6) is 0.433. The summed E-state index contributed by atoms with van der Waals surface area (Å²) >= 11 is 0. The lowest BCUT2D eigenvalue weighted by Gasteiger charge is -2.35. The maximum atomic E-state index is 13.8. The number of H-pyrrole nitrogens is 1. The average molecular weight is 738 g/mol. The van der Waals surface area contributed by atoms with Gasteiger partial charge in [-0.05, 0) is 107 Å². The van der Waals surface area contributed by atoms with E-state index < -0.39 is 17.8 Å². The number of benzene rings is 2. The lowest BCUT2D eigenvalue weighted by molar-refractivity contribution is -0.129. The largest absolute Gasteiger partial charge is 0.373 e. The number of fused-ring (bicyclic) bond motifs is 2. The van der Waals surface area contributed by atoms with Gasteiger partial charge in [0.05, 0.1) is 11.1 Å². The van der Waals surface area contributed by atoms with Crippen molar-refractivity contribution in [2.45, 2.75) is 83.3 Å². The van der Waals surface area contributed by atoms with Crippen LogP contribution in [0, 0.1) is 11.7 Å². The van der Waals surface area contributed by atoms with Gasteiger partial charge >= 0.3 is 0 Å². The zero-order valence-corrected chi connectivity index (χ0v) is 31.6. The predicted molar refractivity (Wildman–Crippen MR) is 209 cm³/mol. The molecule has 3 aliphatic heterocycles. The fourth-order valence-electron chi connectivity index (χ4n) is 8.29. The smallest absolute Gasteiger partial charge is 0.255 e. The van der Waals surface area contributed by atoms with Crippen LogP contribution in [-0.2, 0) is 22.6 Å². The van der Waals surface area contributed by atoms with Gasteiger partial charge < -0.3 is 20.1 Å². The second-order valence-electron chi connectivity index (χ2n) is 14.7. The number of likely N-dealkylation sites (tertiary alicyclic amines) is 1. The maximum Gasteiger partial charge on any atom is 0.255 e. The molecule has 11 nitrogen and oxygen atoms in total. The second-order valence-corrected chi connectivity index (χ2v) is 14.7. The molecule has 0 spiro atoms. The number of nitrogens with zero attached hydrogens (tertiary/aromatic N) is 4. The third kappa shape index (κ3) is 8.65. The molecule has 0 saturated carbocycles. The number of carbonyl (C=O) groups is 4. The summed E-state index contributed by atoms with van der Waals surface area (Å²) in [4.78, 5) is 61.5. The first-order valence-corrected chi connectivity index (χ1v) is 19.3. The number of aromatic nitrogens is 2. The van der Waals surface area contributed by atoms with Gasteiger partial charge in [0.15, 0.2) is 6.29 Å². The minimum Gasteiger partial charge on any atom is -0.373 e. The quantitative estimate of drug-likeness (QED) is 0.130. The standard InChI is InChI=1S/C29H34FN3O4.C13H18N4/c1-2-5-27(28(36)31-19-35)33-17-24-23(29(33)37)8-4-9-26(24)32-14-12-20(13-15-32)6-3-7-21-10-11-22(18-34)25(30)16-21;1-14-13-7-10-9(8-15-13)6-11(16-10)12-4-3-5-17(12)2/h4,8-11,16,18-20,27H,2-3,5-7,12-15,17H2,1H3,(H,31,35,36);6-8,12,16H,3-5H2,1-2H3,(H,14,15). The van der Waals surface area contributed by atoms with E-state index >= 15 is 0 Å². The molecule has 54 heavy (non-hydrogen) atoms. The van der Waals surface area contributed by atoms with Crippen molar-refractivity contribution in [2.75, 3.05) is 43.9 Å². The molecule has 286 valence electrons. The summed E-state index contributed by atoms with van der Waals surface area (Å²) in [6.45, 7) is 5.29. The van der Waals surface area contributed by atoms with Crippen LogP contribution in [0.4, 0.5) is 15.9 Å². The van der Waals surface area contributed by atoms with Gasteiger partial charge in [-0.2, -0.15) is 0 Å². The van der Waals surface area contributed by atoms with Crippen molar-refractivity contribution in [1.82, 2.24) is 25.1 Å². The molecule has 2 atom stereocenters. The monoisotopic (exact) mass is 737 g/mol. The van der Waals surface area contributed by atoms with Crippen LogP contribution in [0.3, 0.4) is 0 Å². The number of amides is 3. The third-order valence-electron chi connectivity index (χ3n) is 11.3. The van der Waals surface area contributed by atoms with Crippen LogP contribution >= 0.6 is 0 Å². The molecule has 0 aliphatic carbocycles. The number of aryl methyl sites for hydroxylation is 1. The Bertz CT molecular complexity index is 1960. The zero-order valence-electron chi connectivity index (χ0n) is 31.6. The Morgan fingerprint density at radius 3 is 2.59 bits per heavy atom. The number of hydrogen-bond donors (Lipinski definition) is 3. The maximum absolute atomic E-state index is 13.8. The van der Waals surface area contributed by atoms with E-state index in [1.165, 1.54) is 42.0 Å². The van der Waals surface area contributed by atoms with Gasteiger partial charge in [0.1, 0.15) is 17.7 Å². The summed E-state index contributed by atoms with van der Waals surface area (Å²) in [5.41, 5.74) is 6.12. The highest BCUT2D eigenvalue weighted by Gasteiger charge is 2.38. The van der Waals surface area contributed by atoms with Crippen molar-refractivity contribution in [3.05, 3.63) is 88.5 Å². The van der Waals surface area contributed by atoms with E-state index in [1.54, 1.807) is 11.0 Å². The summed E-state index contributed by atoms with van der Waals surface area (Å²) < 4.78 is 13.8. The Morgan fingerprint density at radius 2 is 1.91 bits per heavy atom. The number of carbonyl (C=O) groups excluding carboxylic acids is 4. The Hall–Kier alpha value is -5.10. The first-order valence-electron chi connectivity index (χ1n) is 19.3. The van der Waals surface area contributed by atoms with Crippen molar-refractivity contribution in [2.24, 2.45) is 5.92 Å². The fourth-order valence-corrected chi connectivity index (χ4v) is 8.29. The van der Waals surface area contributed by atoms with E-state index in [0.29, 0.717) is 43.2 Å². The number of hydrogen-bond acceptors (Lipinski definition) is 8. The van der Waals surface area contributed by atoms with Crippen LogP contribution in [0.25, 0.3) is 10.9 Å². The summed E-state index contributed by atoms with van der Waals surface area (Å²) in [7, 11) is 4.09. The topological polar surface area (TPSA) is 131 Å². The Morgan fingerprint density at radius 1 is 1.09 bits per heavy atom. The van der Waals surface area contributed by atoms with Crippen molar-refractivity contribution in [3.8, 4) is 0 Å². The van der Waals surface area contributed by atoms with Crippen molar-refractivity contribution >= 4 is 46.9 Å². The van der Waals surface area contributed by atoms with Gasteiger partial charge in [0.25, 0.3) is 5.91 Å². The first-order chi connectivity index (χ1) is 26.2. The minimum absolute atomic E-state index is 0.0958.